The number of carbonyl (C=O) groups excluding carboxylic acids is 1. The maximum Gasteiger partial charge on any atom is 0.411 e. The van der Waals surface area contributed by atoms with Crippen molar-refractivity contribution in [3.05, 3.63) is 18.0 Å². The van der Waals surface area contributed by atoms with Crippen LogP contribution in [0.1, 0.15) is 23.3 Å². The summed E-state index contributed by atoms with van der Waals surface area (Å²) in [5, 5.41) is 2.04. The van der Waals surface area contributed by atoms with Crippen molar-refractivity contribution in [3.63, 3.8) is 0 Å². The highest BCUT2D eigenvalue weighted by Gasteiger charge is 2.64. The van der Waals surface area contributed by atoms with E-state index in [1.807, 2.05) is 5.32 Å². The average Bonchev–Trinajstić information content (AvgIpc) is 2.86. The zero-order valence-electron chi connectivity index (χ0n) is 9.14. The Labute approximate surface area is 95.6 Å². The van der Waals surface area contributed by atoms with Gasteiger partial charge in [0.15, 0.2) is 0 Å². The van der Waals surface area contributed by atoms with Crippen molar-refractivity contribution in [2.75, 3.05) is 5.73 Å². The minimum absolute atomic E-state index is 0.0673. The van der Waals surface area contributed by atoms with Crippen molar-refractivity contribution in [1.82, 2.24) is 9.88 Å². The summed E-state index contributed by atoms with van der Waals surface area (Å²) in [5.41, 5.74) is 3.89. The number of amides is 1. The zero-order chi connectivity index (χ0) is 12.8. The van der Waals surface area contributed by atoms with Gasteiger partial charge < -0.3 is 15.6 Å². The number of carbonyl (C=O) groups is 1. The molecular formula is C10H12F3N3O. The van der Waals surface area contributed by atoms with Crippen LogP contribution in [0.5, 0.6) is 0 Å². The molecule has 0 saturated heterocycles. The number of nitrogens with two attached hydrogens (primary N) is 1. The summed E-state index contributed by atoms with van der Waals surface area (Å²) in [6.07, 6.45) is -3.06. The molecule has 0 spiro atoms. The van der Waals surface area contributed by atoms with Crippen molar-refractivity contribution in [2.24, 2.45) is 7.05 Å². The number of aromatic nitrogens is 1. The molecule has 1 amide bonds. The van der Waals surface area contributed by atoms with E-state index in [0.29, 0.717) is 5.69 Å². The molecule has 17 heavy (non-hydrogen) atoms. The second kappa shape index (κ2) is 3.41. The monoisotopic (exact) mass is 247 g/mol. The first-order chi connectivity index (χ1) is 7.75. The van der Waals surface area contributed by atoms with E-state index in [1.54, 1.807) is 7.05 Å². The Bertz CT molecular complexity index is 460. The third kappa shape index (κ3) is 1.96. The van der Waals surface area contributed by atoms with Crippen LogP contribution in [-0.4, -0.2) is 22.2 Å². The molecule has 2 rings (SSSR count). The highest BCUT2D eigenvalue weighted by atomic mass is 19.4. The molecule has 1 aromatic rings. The van der Waals surface area contributed by atoms with E-state index in [0.717, 1.165) is 0 Å². The number of alkyl halides is 3. The fraction of sp³-hybridized carbons (Fsp3) is 0.500. The van der Waals surface area contributed by atoms with E-state index in [4.69, 9.17) is 5.73 Å². The Kier molecular flexibility index (Phi) is 2.37. The average molecular weight is 247 g/mol. The first-order valence-electron chi connectivity index (χ1n) is 5.06. The van der Waals surface area contributed by atoms with Crippen molar-refractivity contribution >= 4 is 11.6 Å². The van der Waals surface area contributed by atoms with Crippen molar-refractivity contribution < 1.29 is 18.0 Å². The molecule has 0 radical (unpaired) electrons. The van der Waals surface area contributed by atoms with Crippen molar-refractivity contribution in [3.8, 4) is 0 Å². The molecule has 0 aromatic carbocycles. The largest absolute Gasteiger partial charge is 0.411 e. The van der Waals surface area contributed by atoms with Gasteiger partial charge in [0.05, 0.1) is 5.69 Å². The number of nitrogens with zero attached hydrogens (tertiary/aromatic N) is 1. The lowest BCUT2D eigenvalue weighted by Crippen LogP contribution is -2.48. The summed E-state index contributed by atoms with van der Waals surface area (Å²) in [4.78, 5) is 11.7. The van der Waals surface area contributed by atoms with Crippen LogP contribution in [0.4, 0.5) is 18.9 Å². The topological polar surface area (TPSA) is 60.0 Å². The van der Waals surface area contributed by atoms with Crippen molar-refractivity contribution in [2.45, 2.75) is 24.6 Å². The standard InChI is InChI=1S/C10H12F3N3O/c1-16-5-6(14)4-7(16)8(17)15-9(2-3-9)10(11,12)13/h4-5H,2-3,14H2,1H3,(H,15,17). The fourth-order valence-corrected chi connectivity index (χ4v) is 1.70. The van der Waals surface area contributed by atoms with E-state index in [-0.39, 0.29) is 18.5 Å². The Morgan fingerprint density at radius 2 is 2.12 bits per heavy atom. The molecule has 1 aliphatic rings. The van der Waals surface area contributed by atoms with Crippen LogP contribution >= 0.6 is 0 Å². The van der Waals surface area contributed by atoms with Gasteiger partial charge >= 0.3 is 6.18 Å². The molecule has 0 unspecified atom stereocenters. The number of rotatable bonds is 2. The van der Waals surface area contributed by atoms with Gasteiger partial charge in [-0.2, -0.15) is 13.2 Å². The number of anilines is 1. The molecule has 1 heterocycles. The summed E-state index contributed by atoms with van der Waals surface area (Å²) < 4.78 is 39.3. The third-order valence-corrected chi connectivity index (χ3v) is 2.90. The van der Waals surface area contributed by atoms with E-state index in [9.17, 15) is 18.0 Å². The van der Waals surface area contributed by atoms with Crippen LogP contribution in [0, 0.1) is 0 Å². The highest BCUT2D eigenvalue weighted by molar-refractivity contribution is 5.94. The Morgan fingerprint density at radius 1 is 1.53 bits per heavy atom. The molecule has 0 aliphatic heterocycles. The Morgan fingerprint density at radius 3 is 2.47 bits per heavy atom. The molecule has 3 N–H and O–H groups in total. The van der Waals surface area contributed by atoms with Gasteiger partial charge in [-0.05, 0) is 18.9 Å². The Balaban J connectivity index is 2.16. The number of hydrogen-bond donors (Lipinski definition) is 2. The molecule has 0 bridgehead atoms. The summed E-state index contributed by atoms with van der Waals surface area (Å²) >= 11 is 0. The molecule has 1 aliphatic carbocycles. The molecule has 4 nitrogen and oxygen atoms in total. The molecule has 94 valence electrons. The quantitative estimate of drug-likeness (QED) is 0.830. The predicted molar refractivity (Wildman–Crippen MR) is 55.3 cm³/mol. The van der Waals surface area contributed by atoms with Crippen LogP contribution < -0.4 is 11.1 Å². The lowest BCUT2D eigenvalue weighted by molar-refractivity contribution is -0.163. The summed E-state index contributed by atoms with van der Waals surface area (Å²) in [7, 11) is 1.55. The molecule has 0 atom stereocenters. The lowest BCUT2D eigenvalue weighted by atomic mass is 10.2. The number of hydrogen-bond acceptors (Lipinski definition) is 2. The minimum Gasteiger partial charge on any atom is -0.397 e. The zero-order valence-corrected chi connectivity index (χ0v) is 9.14. The van der Waals surface area contributed by atoms with Crippen LogP contribution in [0.25, 0.3) is 0 Å². The maximum absolute atomic E-state index is 12.6. The normalized spacial score (nSPS) is 17.9. The number of nitrogen functional groups attached to an aromatic ring is 1. The van der Waals surface area contributed by atoms with Crippen LogP contribution in [-0.2, 0) is 7.05 Å². The van der Waals surface area contributed by atoms with Gasteiger partial charge in [0.2, 0.25) is 0 Å². The third-order valence-electron chi connectivity index (χ3n) is 2.90. The van der Waals surface area contributed by atoms with Crippen LogP contribution in [0.3, 0.4) is 0 Å². The number of halogens is 3. The van der Waals surface area contributed by atoms with Gasteiger partial charge in [0, 0.05) is 13.2 Å². The SMILES string of the molecule is Cn1cc(N)cc1C(=O)NC1(C(F)(F)F)CC1. The predicted octanol–water partition coefficient (Wildman–Crippen LogP) is 1.43. The van der Waals surface area contributed by atoms with Gasteiger partial charge in [-0.25, -0.2) is 0 Å². The van der Waals surface area contributed by atoms with E-state index in [1.165, 1.54) is 16.8 Å². The van der Waals surface area contributed by atoms with Gasteiger partial charge in [-0.1, -0.05) is 0 Å². The fourth-order valence-electron chi connectivity index (χ4n) is 1.70. The van der Waals surface area contributed by atoms with E-state index in [2.05, 4.69) is 0 Å². The van der Waals surface area contributed by atoms with Gasteiger partial charge in [-0.15, -0.1) is 0 Å². The molecular weight excluding hydrogens is 235 g/mol. The molecule has 1 saturated carbocycles. The number of nitrogens with one attached hydrogen (secondary N) is 1. The lowest BCUT2D eigenvalue weighted by Gasteiger charge is -2.20. The van der Waals surface area contributed by atoms with Gasteiger partial charge in [-0.3, -0.25) is 4.79 Å². The first kappa shape index (κ1) is 11.8. The second-order valence-electron chi connectivity index (χ2n) is 4.30. The van der Waals surface area contributed by atoms with E-state index >= 15 is 0 Å². The second-order valence-corrected chi connectivity index (χ2v) is 4.30. The number of aryl methyl sites for hydroxylation is 1. The van der Waals surface area contributed by atoms with Crippen LogP contribution in [0.15, 0.2) is 12.3 Å². The molecule has 1 fully saturated rings. The first-order valence-corrected chi connectivity index (χ1v) is 5.06. The maximum atomic E-state index is 12.6. The Hall–Kier alpha value is -1.66. The minimum atomic E-state index is -4.40. The molecule has 1 aromatic heterocycles. The molecule has 7 heteroatoms. The van der Waals surface area contributed by atoms with Gasteiger partial charge in [0.25, 0.3) is 5.91 Å². The van der Waals surface area contributed by atoms with E-state index < -0.39 is 17.6 Å². The van der Waals surface area contributed by atoms with Crippen LogP contribution in [0.2, 0.25) is 0 Å². The van der Waals surface area contributed by atoms with Gasteiger partial charge in [0.1, 0.15) is 11.2 Å². The summed E-state index contributed by atoms with van der Waals surface area (Å²) in [5.74, 6) is -0.751. The smallest absolute Gasteiger partial charge is 0.397 e. The summed E-state index contributed by atoms with van der Waals surface area (Å²) in [6.45, 7) is 0. The summed E-state index contributed by atoms with van der Waals surface area (Å²) in [6, 6.07) is 1.35. The highest BCUT2D eigenvalue weighted by Crippen LogP contribution is 2.49. The van der Waals surface area contributed by atoms with Crippen molar-refractivity contribution in [1.29, 1.82) is 0 Å².